The van der Waals surface area contributed by atoms with Crippen LogP contribution < -0.4 is 0 Å². The van der Waals surface area contributed by atoms with E-state index >= 15 is 0 Å². The lowest BCUT2D eigenvalue weighted by molar-refractivity contribution is -0.142. The fourth-order valence-corrected chi connectivity index (χ4v) is 4.44. The van der Waals surface area contributed by atoms with Gasteiger partial charge in [-0.05, 0) is 30.1 Å². The molecule has 1 aliphatic heterocycles. The average Bonchev–Trinajstić information content (AvgIpc) is 2.52. The van der Waals surface area contributed by atoms with Crippen molar-refractivity contribution in [3.05, 3.63) is 0 Å². The molecule has 1 aliphatic carbocycles. The van der Waals surface area contributed by atoms with Crippen molar-refractivity contribution in [1.82, 2.24) is 0 Å². The minimum absolute atomic E-state index is 0.0119. The first-order valence-corrected chi connectivity index (χ1v) is 7.47. The molecule has 104 valence electrons. The molecule has 0 spiro atoms. The molecule has 4 atom stereocenters. The molecule has 18 heavy (non-hydrogen) atoms. The van der Waals surface area contributed by atoms with Gasteiger partial charge in [-0.25, -0.2) is 0 Å². The van der Waals surface area contributed by atoms with Crippen LogP contribution in [0.1, 0.15) is 53.9 Å². The molecule has 0 radical (unpaired) electrons. The number of rotatable bonds is 1. The fraction of sp³-hybridized carbons (Fsp3) is 0.933. The van der Waals surface area contributed by atoms with Crippen molar-refractivity contribution >= 4 is 18.6 Å². The smallest absolute Gasteiger partial charge is 0.306 e. The van der Waals surface area contributed by atoms with E-state index in [-0.39, 0.29) is 22.2 Å². The van der Waals surface area contributed by atoms with Gasteiger partial charge in [0.1, 0.15) is 6.10 Å². The molecule has 0 aromatic rings. The Labute approximate surface area is 116 Å². The summed E-state index contributed by atoms with van der Waals surface area (Å²) in [4.78, 5) is 11.6. The quantitative estimate of drug-likeness (QED) is 0.581. The molecular weight excluding hydrogens is 244 g/mol. The first-order chi connectivity index (χ1) is 8.10. The van der Waals surface area contributed by atoms with Crippen LogP contribution in [0.4, 0.5) is 0 Å². The SMILES string of the molecule is CC(C)(C)C1CCC2OC(=O)CC2C1C(C)(C)S. The molecule has 2 fully saturated rings. The Morgan fingerprint density at radius 1 is 1.17 bits per heavy atom. The molecule has 2 rings (SSSR count). The standard InChI is InChI=1S/C15H26O2S/c1-14(2,3)10-6-7-11-9(8-12(16)17-11)13(10)15(4,5)18/h9-11,13,18H,6-8H2,1-5H3. The van der Waals surface area contributed by atoms with E-state index in [0.717, 1.165) is 12.8 Å². The summed E-state index contributed by atoms with van der Waals surface area (Å²) in [7, 11) is 0. The topological polar surface area (TPSA) is 26.3 Å². The fourth-order valence-electron chi connectivity index (χ4n) is 4.07. The second-order valence-electron chi connectivity index (χ2n) is 7.63. The largest absolute Gasteiger partial charge is 0.462 e. The van der Waals surface area contributed by atoms with Crippen molar-refractivity contribution in [3.8, 4) is 0 Å². The van der Waals surface area contributed by atoms with Gasteiger partial charge in [0.05, 0.1) is 6.42 Å². The van der Waals surface area contributed by atoms with Crippen LogP contribution in [0.3, 0.4) is 0 Å². The van der Waals surface area contributed by atoms with Gasteiger partial charge in [-0.1, -0.05) is 34.6 Å². The van der Waals surface area contributed by atoms with E-state index in [0.29, 0.717) is 24.2 Å². The molecule has 0 bridgehead atoms. The summed E-state index contributed by atoms with van der Waals surface area (Å²) in [5, 5.41) is 0. The Hall–Kier alpha value is -0.180. The molecular formula is C15H26O2S. The van der Waals surface area contributed by atoms with Gasteiger partial charge < -0.3 is 4.74 Å². The number of carbonyl (C=O) groups excluding carboxylic acids is 1. The van der Waals surface area contributed by atoms with Gasteiger partial charge in [-0.3, -0.25) is 4.79 Å². The van der Waals surface area contributed by atoms with Crippen LogP contribution in [0.25, 0.3) is 0 Å². The van der Waals surface area contributed by atoms with Crippen LogP contribution in [0.5, 0.6) is 0 Å². The lowest BCUT2D eigenvalue weighted by Gasteiger charge is -2.50. The normalized spacial score (nSPS) is 37.3. The molecule has 2 nitrogen and oxygen atoms in total. The molecule has 0 aromatic heterocycles. The number of thiol groups is 1. The lowest BCUT2D eigenvalue weighted by atomic mass is 9.58. The van der Waals surface area contributed by atoms with Gasteiger partial charge >= 0.3 is 5.97 Å². The van der Waals surface area contributed by atoms with Crippen molar-refractivity contribution in [2.75, 3.05) is 0 Å². The number of hydrogen-bond donors (Lipinski definition) is 1. The minimum atomic E-state index is -0.0603. The summed E-state index contributed by atoms with van der Waals surface area (Å²) in [6.45, 7) is 11.3. The van der Waals surface area contributed by atoms with E-state index in [2.05, 4.69) is 34.6 Å². The Balaban J connectivity index is 2.32. The molecule has 2 aliphatic rings. The summed E-state index contributed by atoms with van der Waals surface area (Å²) in [6.07, 6.45) is 2.91. The van der Waals surface area contributed by atoms with Crippen LogP contribution in [-0.4, -0.2) is 16.8 Å². The summed E-state index contributed by atoms with van der Waals surface area (Å²) in [5.74, 6) is 1.41. The Bertz CT molecular complexity index is 337. The zero-order valence-electron chi connectivity index (χ0n) is 12.2. The van der Waals surface area contributed by atoms with Gasteiger partial charge in [0.15, 0.2) is 0 Å². The first-order valence-electron chi connectivity index (χ1n) is 7.02. The van der Waals surface area contributed by atoms with E-state index in [1.807, 2.05) is 0 Å². The Kier molecular flexibility index (Phi) is 3.50. The number of hydrogen-bond acceptors (Lipinski definition) is 3. The predicted octanol–water partition coefficient (Wildman–Crippen LogP) is 3.70. The zero-order valence-corrected chi connectivity index (χ0v) is 13.1. The van der Waals surface area contributed by atoms with Crippen LogP contribution in [0.15, 0.2) is 0 Å². The first kappa shape index (κ1) is 14.2. The molecule has 0 aromatic carbocycles. The van der Waals surface area contributed by atoms with Gasteiger partial charge in [0, 0.05) is 10.7 Å². The molecule has 1 saturated heterocycles. The van der Waals surface area contributed by atoms with Crippen molar-refractivity contribution in [1.29, 1.82) is 0 Å². The van der Waals surface area contributed by atoms with E-state index in [1.165, 1.54) is 0 Å². The monoisotopic (exact) mass is 270 g/mol. The molecule has 1 saturated carbocycles. The molecule has 0 amide bonds. The lowest BCUT2D eigenvalue weighted by Crippen LogP contribution is -2.48. The summed E-state index contributed by atoms with van der Waals surface area (Å²) < 4.78 is 5.42. The number of carbonyl (C=O) groups is 1. The van der Waals surface area contributed by atoms with Crippen LogP contribution in [0.2, 0.25) is 0 Å². The maximum absolute atomic E-state index is 11.6. The summed E-state index contributed by atoms with van der Waals surface area (Å²) in [6, 6.07) is 0. The molecule has 4 unspecified atom stereocenters. The van der Waals surface area contributed by atoms with Crippen molar-refractivity contribution < 1.29 is 9.53 Å². The maximum atomic E-state index is 11.6. The zero-order chi connectivity index (χ0) is 13.7. The third-order valence-electron chi connectivity index (χ3n) is 4.75. The van der Waals surface area contributed by atoms with E-state index in [1.54, 1.807) is 0 Å². The van der Waals surface area contributed by atoms with Crippen LogP contribution >= 0.6 is 12.6 Å². The third kappa shape index (κ3) is 2.56. The minimum Gasteiger partial charge on any atom is -0.462 e. The molecule has 0 N–H and O–H groups in total. The second kappa shape index (κ2) is 4.43. The highest BCUT2D eigenvalue weighted by molar-refractivity contribution is 7.81. The summed E-state index contributed by atoms with van der Waals surface area (Å²) in [5.41, 5.74) is 0.265. The van der Waals surface area contributed by atoms with Gasteiger partial charge in [-0.2, -0.15) is 12.6 Å². The highest BCUT2D eigenvalue weighted by atomic mass is 32.1. The van der Waals surface area contributed by atoms with Crippen LogP contribution in [0, 0.1) is 23.2 Å². The van der Waals surface area contributed by atoms with Crippen LogP contribution in [-0.2, 0) is 9.53 Å². The van der Waals surface area contributed by atoms with Crippen molar-refractivity contribution in [2.24, 2.45) is 23.2 Å². The van der Waals surface area contributed by atoms with E-state index in [9.17, 15) is 4.79 Å². The Morgan fingerprint density at radius 3 is 2.28 bits per heavy atom. The number of ether oxygens (including phenoxy) is 1. The van der Waals surface area contributed by atoms with Gasteiger partial charge in [0.2, 0.25) is 0 Å². The Morgan fingerprint density at radius 2 is 1.78 bits per heavy atom. The average molecular weight is 270 g/mol. The van der Waals surface area contributed by atoms with E-state index < -0.39 is 0 Å². The maximum Gasteiger partial charge on any atom is 0.306 e. The number of fused-ring (bicyclic) bond motifs is 1. The predicted molar refractivity (Wildman–Crippen MR) is 76.7 cm³/mol. The third-order valence-corrected chi connectivity index (χ3v) is 5.05. The summed E-state index contributed by atoms with van der Waals surface area (Å²) >= 11 is 4.83. The molecule has 1 heterocycles. The van der Waals surface area contributed by atoms with E-state index in [4.69, 9.17) is 17.4 Å². The molecule has 3 heteroatoms. The highest BCUT2D eigenvalue weighted by Gasteiger charge is 2.53. The highest BCUT2D eigenvalue weighted by Crippen LogP contribution is 2.53. The van der Waals surface area contributed by atoms with Crippen molar-refractivity contribution in [3.63, 3.8) is 0 Å². The van der Waals surface area contributed by atoms with Gasteiger partial charge in [-0.15, -0.1) is 0 Å². The van der Waals surface area contributed by atoms with Crippen molar-refractivity contribution in [2.45, 2.75) is 64.7 Å². The number of esters is 1. The second-order valence-corrected chi connectivity index (χ2v) is 8.78. The van der Waals surface area contributed by atoms with Gasteiger partial charge in [0.25, 0.3) is 0 Å².